The number of nitrogens with one attached hydrogen (secondary N) is 1. The van der Waals surface area contributed by atoms with Crippen molar-refractivity contribution >= 4 is 11.8 Å². The third-order valence-electron chi connectivity index (χ3n) is 4.28. The summed E-state index contributed by atoms with van der Waals surface area (Å²) in [5, 5.41) is 2.85. The molecule has 0 aromatic rings. The molecule has 1 aliphatic carbocycles. The van der Waals surface area contributed by atoms with E-state index in [-0.39, 0.29) is 24.4 Å². The first-order chi connectivity index (χ1) is 9.58. The van der Waals surface area contributed by atoms with Crippen LogP contribution in [0.15, 0.2) is 0 Å². The van der Waals surface area contributed by atoms with Gasteiger partial charge in [0.25, 0.3) is 0 Å². The Bertz CT molecular complexity index is 350. The molecule has 1 saturated heterocycles. The molecule has 1 heterocycles. The van der Waals surface area contributed by atoms with Crippen molar-refractivity contribution in [3.8, 4) is 0 Å². The maximum Gasteiger partial charge on any atom is 0.245 e. The summed E-state index contributed by atoms with van der Waals surface area (Å²) < 4.78 is 0. The number of hydrogen-bond acceptors (Lipinski definition) is 2. The number of rotatable bonds is 8. The lowest BCUT2D eigenvalue weighted by molar-refractivity contribution is -0.144. The quantitative estimate of drug-likeness (QED) is 0.694. The third-order valence-corrected chi connectivity index (χ3v) is 4.28. The van der Waals surface area contributed by atoms with Crippen molar-refractivity contribution in [2.75, 3.05) is 13.1 Å². The van der Waals surface area contributed by atoms with E-state index in [1.54, 1.807) is 4.90 Å². The summed E-state index contributed by atoms with van der Waals surface area (Å²) in [6.45, 7) is 5.51. The summed E-state index contributed by atoms with van der Waals surface area (Å²) in [7, 11) is 0. The van der Waals surface area contributed by atoms with Gasteiger partial charge in [-0.3, -0.25) is 9.59 Å². The van der Waals surface area contributed by atoms with Crippen LogP contribution in [0.5, 0.6) is 0 Å². The molecule has 2 fully saturated rings. The van der Waals surface area contributed by atoms with Crippen LogP contribution in [0.1, 0.15) is 58.8 Å². The zero-order valence-electron chi connectivity index (χ0n) is 12.9. The lowest BCUT2D eigenvalue weighted by atomic mass is 10.0. The van der Waals surface area contributed by atoms with E-state index in [1.807, 2.05) is 0 Å². The van der Waals surface area contributed by atoms with E-state index in [4.69, 9.17) is 0 Å². The normalized spacial score (nSPS) is 23.4. The fourth-order valence-corrected chi connectivity index (χ4v) is 2.88. The number of nitrogens with zero attached hydrogens (tertiary/aromatic N) is 1. The monoisotopic (exact) mass is 280 g/mol. The van der Waals surface area contributed by atoms with Gasteiger partial charge >= 0.3 is 0 Å². The molecule has 1 saturated carbocycles. The fourth-order valence-electron chi connectivity index (χ4n) is 2.88. The molecule has 2 aliphatic rings. The van der Waals surface area contributed by atoms with E-state index in [1.165, 1.54) is 19.3 Å². The van der Waals surface area contributed by atoms with Crippen LogP contribution in [0.3, 0.4) is 0 Å². The SMILES string of the molecule is CC(C)CCCCCCN1CC(=O)NC(C2CC2)C1=O. The van der Waals surface area contributed by atoms with Crippen molar-refractivity contribution in [1.82, 2.24) is 10.2 Å². The van der Waals surface area contributed by atoms with Crippen molar-refractivity contribution in [3.05, 3.63) is 0 Å². The Morgan fingerprint density at radius 3 is 2.50 bits per heavy atom. The van der Waals surface area contributed by atoms with Gasteiger partial charge in [0.2, 0.25) is 11.8 Å². The molecule has 0 aromatic heterocycles. The molecule has 0 aromatic carbocycles. The predicted octanol–water partition coefficient (Wildman–Crippen LogP) is 2.33. The second kappa shape index (κ2) is 7.09. The molecule has 4 heteroatoms. The van der Waals surface area contributed by atoms with Crippen molar-refractivity contribution in [2.24, 2.45) is 11.8 Å². The molecular weight excluding hydrogens is 252 g/mol. The van der Waals surface area contributed by atoms with Gasteiger partial charge < -0.3 is 10.2 Å². The molecule has 20 heavy (non-hydrogen) atoms. The smallest absolute Gasteiger partial charge is 0.245 e. The molecule has 114 valence electrons. The molecule has 4 nitrogen and oxygen atoms in total. The van der Waals surface area contributed by atoms with E-state index in [0.29, 0.717) is 5.92 Å². The molecule has 0 spiro atoms. The van der Waals surface area contributed by atoms with Gasteiger partial charge in [-0.2, -0.15) is 0 Å². The summed E-state index contributed by atoms with van der Waals surface area (Å²) in [5.41, 5.74) is 0. The van der Waals surface area contributed by atoms with Gasteiger partial charge in [0, 0.05) is 6.54 Å². The van der Waals surface area contributed by atoms with Gasteiger partial charge in [-0.05, 0) is 31.1 Å². The Labute approximate surface area is 122 Å². The van der Waals surface area contributed by atoms with Gasteiger partial charge in [-0.25, -0.2) is 0 Å². The molecule has 0 bridgehead atoms. The number of amides is 2. The molecule has 1 N–H and O–H groups in total. The highest BCUT2D eigenvalue weighted by atomic mass is 16.2. The van der Waals surface area contributed by atoms with Gasteiger partial charge in [0.05, 0.1) is 6.54 Å². The van der Waals surface area contributed by atoms with Crippen molar-refractivity contribution in [2.45, 2.75) is 64.8 Å². The summed E-state index contributed by atoms with van der Waals surface area (Å²) in [6, 6.07) is -0.225. The summed E-state index contributed by atoms with van der Waals surface area (Å²) in [4.78, 5) is 25.7. The van der Waals surface area contributed by atoms with E-state index in [0.717, 1.165) is 38.1 Å². The maximum absolute atomic E-state index is 12.3. The van der Waals surface area contributed by atoms with Crippen LogP contribution in [0.2, 0.25) is 0 Å². The number of unbranched alkanes of at least 4 members (excludes halogenated alkanes) is 3. The van der Waals surface area contributed by atoms with Gasteiger partial charge in [0.1, 0.15) is 6.04 Å². The van der Waals surface area contributed by atoms with Gasteiger partial charge in [0.15, 0.2) is 0 Å². The lowest BCUT2D eigenvalue weighted by Gasteiger charge is -2.32. The summed E-state index contributed by atoms with van der Waals surface area (Å²) in [6.07, 6.45) is 8.14. The minimum Gasteiger partial charge on any atom is -0.342 e. The fraction of sp³-hybridized carbons (Fsp3) is 0.875. The Hall–Kier alpha value is -1.06. The molecular formula is C16H28N2O2. The average Bonchev–Trinajstić information content (AvgIpc) is 3.21. The minimum absolute atomic E-state index is 0.0151. The van der Waals surface area contributed by atoms with Crippen LogP contribution in [0.25, 0.3) is 0 Å². The van der Waals surface area contributed by atoms with Crippen molar-refractivity contribution in [3.63, 3.8) is 0 Å². The van der Waals surface area contributed by atoms with Gasteiger partial charge in [-0.1, -0.05) is 39.5 Å². The maximum atomic E-state index is 12.3. The topological polar surface area (TPSA) is 49.4 Å². The van der Waals surface area contributed by atoms with Crippen LogP contribution in [0, 0.1) is 11.8 Å². The molecule has 1 aliphatic heterocycles. The van der Waals surface area contributed by atoms with Crippen LogP contribution < -0.4 is 5.32 Å². The van der Waals surface area contributed by atoms with E-state index >= 15 is 0 Å². The second-order valence-corrected chi connectivity index (χ2v) is 6.74. The highest BCUT2D eigenvalue weighted by molar-refractivity contribution is 5.95. The molecule has 2 rings (SSSR count). The molecule has 2 amide bonds. The predicted molar refractivity (Wildman–Crippen MR) is 79.2 cm³/mol. The molecule has 1 unspecified atom stereocenters. The number of carbonyl (C=O) groups is 2. The average molecular weight is 280 g/mol. The van der Waals surface area contributed by atoms with Crippen LogP contribution in [-0.4, -0.2) is 35.8 Å². The minimum atomic E-state index is -0.225. The van der Waals surface area contributed by atoms with E-state index < -0.39 is 0 Å². The molecule has 1 atom stereocenters. The number of hydrogen-bond donors (Lipinski definition) is 1. The third kappa shape index (κ3) is 4.50. The van der Waals surface area contributed by atoms with Crippen LogP contribution in [-0.2, 0) is 9.59 Å². The largest absolute Gasteiger partial charge is 0.342 e. The Morgan fingerprint density at radius 1 is 1.15 bits per heavy atom. The van der Waals surface area contributed by atoms with Crippen molar-refractivity contribution in [1.29, 1.82) is 0 Å². The Morgan fingerprint density at radius 2 is 1.85 bits per heavy atom. The number of carbonyl (C=O) groups excluding carboxylic acids is 2. The first-order valence-corrected chi connectivity index (χ1v) is 8.16. The van der Waals surface area contributed by atoms with Crippen LogP contribution >= 0.6 is 0 Å². The zero-order chi connectivity index (χ0) is 14.5. The van der Waals surface area contributed by atoms with Crippen LogP contribution in [0.4, 0.5) is 0 Å². The highest BCUT2D eigenvalue weighted by Crippen LogP contribution is 2.34. The standard InChI is InChI=1S/C16H28N2O2/c1-12(2)7-5-3-4-6-10-18-11-14(19)17-15(16(18)20)13-8-9-13/h12-13,15H,3-11H2,1-2H3,(H,17,19). The van der Waals surface area contributed by atoms with Gasteiger partial charge in [-0.15, -0.1) is 0 Å². The van der Waals surface area contributed by atoms with E-state index in [9.17, 15) is 9.59 Å². The first kappa shape index (κ1) is 15.3. The highest BCUT2D eigenvalue weighted by Gasteiger charge is 2.42. The molecule has 0 radical (unpaired) electrons. The van der Waals surface area contributed by atoms with E-state index in [2.05, 4.69) is 19.2 Å². The van der Waals surface area contributed by atoms with Crippen molar-refractivity contribution < 1.29 is 9.59 Å². The number of piperazine rings is 1. The zero-order valence-corrected chi connectivity index (χ0v) is 12.9. The summed E-state index contributed by atoms with van der Waals surface area (Å²) in [5.74, 6) is 1.34. The summed E-state index contributed by atoms with van der Waals surface area (Å²) >= 11 is 0. The second-order valence-electron chi connectivity index (χ2n) is 6.74. The lowest BCUT2D eigenvalue weighted by Crippen LogP contribution is -2.58. The Balaban J connectivity index is 1.66. The first-order valence-electron chi connectivity index (χ1n) is 8.16. The Kier molecular flexibility index (Phi) is 5.44.